The monoisotopic (exact) mass is 240 g/mol. The summed E-state index contributed by atoms with van der Waals surface area (Å²) in [7, 11) is 0. The zero-order valence-electron chi connectivity index (χ0n) is 9.89. The van der Waals surface area contributed by atoms with Crippen LogP contribution in [0.4, 0.5) is 0 Å². The maximum Gasteiger partial charge on any atom is 0.0787 e. The highest BCUT2D eigenvalue weighted by Gasteiger charge is 2.05. The van der Waals surface area contributed by atoms with E-state index in [1.165, 1.54) is 4.90 Å². The van der Waals surface area contributed by atoms with Crippen molar-refractivity contribution in [2.24, 2.45) is 5.92 Å². The molecule has 2 N–H and O–H groups in total. The summed E-state index contributed by atoms with van der Waals surface area (Å²) >= 11 is 1.74. The zero-order chi connectivity index (χ0) is 12.0. The Morgan fingerprint density at radius 3 is 2.38 bits per heavy atom. The van der Waals surface area contributed by atoms with Crippen molar-refractivity contribution < 1.29 is 10.2 Å². The predicted molar refractivity (Wildman–Crippen MR) is 68.7 cm³/mol. The maximum atomic E-state index is 9.64. The first kappa shape index (κ1) is 13.6. The molecular formula is C13H20O2S. The number of hydrogen-bond donors (Lipinski definition) is 2. The van der Waals surface area contributed by atoms with Crippen LogP contribution in [0.2, 0.25) is 0 Å². The van der Waals surface area contributed by atoms with Crippen molar-refractivity contribution in [2.45, 2.75) is 31.3 Å². The van der Waals surface area contributed by atoms with Crippen LogP contribution >= 0.6 is 11.8 Å². The van der Waals surface area contributed by atoms with Crippen LogP contribution in [-0.2, 0) is 0 Å². The van der Waals surface area contributed by atoms with E-state index in [1.54, 1.807) is 11.8 Å². The fraction of sp³-hybridized carbons (Fsp3) is 0.538. The summed E-state index contributed by atoms with van der Waals surface area (Å²) in [6.07, 6.45) is 0.393. The van der Waals surface area contributed by atoms with Crippen LogP contribution in [0.3, 0.4) is 0 Å². The number of rotatable bonds is 6. The molecule has 90 valence electrons. The van der Waals surface area contributed by atoms with Gasteiger partial charge in [0.1, 0.15) is 0 Å². The Bertz CT molecular complexity index is 297. The van der Waals surface area contributed by atoms with Crippen molar-refractivity contribution in [1.29, 1.82) is 0 Å². The van der Waals surface area contributed by atoms with Crippen LogP contribution in [0.15, 0.2) is 29.2 Å². The minimum Gasteiger partial charge on any atom is -0.396 e. The van der Waals surface area contributed by atoms with Gasteiger partial charge in [-0.25, -0.2) is 0 Å². The van der Waals surface area contributed by atoms with E-state index in [0.717, 1.165) is 17.7 Å². The van der Waals surface area contributed by atoms with E-state index < -0.39 is 0 Å². The fourth-order valence-electron chi connectivity index (χ4n) is 1.31. The lowest BCUT2D eigenvalue weighted by molar-refractivity contribution is 0.173. The summed E-state index contributed by atoms with van der Waals surface area (Å²) in [5.74, 6) is 1.25. The van der Waals surface area contributed by atoms with Gasteiger partial charge in [0.15, 0.2) is 0 Å². The number of benzene rings is 1. The Labute approximate surface area is 102 Å². The first-order valence-corrected chi connectivity index (χ1v) is 6.67. The van der Waals surface area contributed by atoms with Crippen molar-refractivity contribution >= 4 is 11.8 Å². The van der Waals surface area contributed by atoms with Crippen LogP contribution in [-0.4, -0.2) is 22.6 Å². The van der Waals surface area contributed by atoms with E-state index in [2.05, 4.69) is 0 Å². The third-order valence-corrected chi connectivity index (χ3v) is 3.84. The van der Waals surface area contributed by atoms with Crippen molar-refractivity contribution in [3.8, 4) is 0 Å². The number of aliphatic hydroxyl groups is 2. The molecule has 0 saturated heterocycles. The lowest BCUT2D eigenvalue weighted by Gasteiger charge is -2.10. The number of hydrogen-bond acceptors (Lipinski definition) is 3. The second kappa shape index (κ2) is 6.94. The van der Waals surface area contributed by atoms with Crippen molar-refractivity contribution in [1.82, 2.24) is 0 Å². The van der Waals surface area contributed by atoms with Gasteiger partial charge < -0.3 is 10.2 Å². The van der Waals surface area contributed by atoms with Gasteiger partial charge in [0, 0.05) is 17.3 Å². The smallest absolute Gasteiger partial charge is 0.0787 e. The van der Waals surface area contributed by atoms with Crippen molar-refractivity contribution in [3.05, 3.63) is 29.8 Å². The van der Waals surface area contributed by atoms with E-state index >= 15 is 0 Å². The molecule has 0 fully saturated rings. The van der Waals surface area contributed by atoms with Gasteiger partial charge in [-0.05, 0) is 30.0 Å². The van der Waals surface area contributed by atoms with Crippen molar-refractivity contribution in [3.63, 3.8) is 0 Å². The average molecular weight is 240 g/mol. The molecule has 0 aliphatic rings. The topological polar surface area (TPSA) is 40.5 Å². The minimum absolute atomic E-state index is 0.236. The molecule has 0 heterocycles. The van der Waals surface area contributed by atoms with Crippen LogP contribution in [0, 0.1) is 5.92 Å². The minimum atomic E-state index is -0.351. The summed E-state index contributed by atoms with van der Waals surface area (Å²) in [6, 6.07) is 8.01. The largest absolute Gasteiger partial charge is 0.396 e. The molecule has 16 heavy (non-hydrogen) atoms. The zero-order valence-corrected chi connectivity index (χ0v) is 10.7. The summed E-state index contributed by atoms with van der Waals surface area (Å²) in [6.45, 7) is 4.23. The molecule has 0 aliphatic heterocycles. The molecule has 3 heteroatoms. The Hall–Kier alpha value is -0.510. The second-order valence-electron chi connectivity index (χ2n) is 4.09. The molecule has 0 amide bonds. The number of aliphatic hydroxyl groups excluding tert-OH is 2. The molecule has 0 radical (unpaired) electrons. The normalized spacial score (nSPS) is 14.8. The van der Waals surface area contributed by atoms with E-state index in [4.69, 9.17) is 5.11 Å². The van der Waals surface area contributed by atoms with Gasteiger partial charge in [-0.15, -0.1) is 11.8 Å². The summed E-state index contributed by atoms with van der Waals surface area (Å²) in [4.78, 5) is 1.19. The Balaban J connectivity index is 2.51. The van der Waals surface area contributed by atoms with Crippen LogP contribution in [0.5, 0.6) is 0 Å². The van der Waals surface area contributed by atoms with E-state index in [1.807, 2.05) is 38.1 Å². The van der Waals surface area contributed by atoms with Gasteiger partial charge in [-0.1, -0.05) is 26.0 Å². The maximum absolute atomic E-state index is 9.64. The van der Waals surface area contributed by atoms with E-state index in [-0.39, 0.29) is 12.7 Å². The number of thioether (sulfide) groups is 1. The molecular weight excluding hydrogens is 220 g/mol. The molecule has 1 rings (SSSR count). The Morgan fingerprint density at radius 1 is 1.25 bits per heavy atom. The molecule has 0 aliphatic carbocycles. The van der Waals surface area contributed by atoms with Crippen molar-refractivity contribution in [2.75, 3.05) is 12.4 Å². The predicted octanol–water partition coefficient (Wildman–Crippen LogP) is 2.85. The van der Waals surface area contributed by atoms with Gasteiger partial charge in [0.25, 0.3) is 0 Å². The van der Waals surface area contributed by atoms with Gasteiger partial charge in [-0.2, -0.15) is 0 Å². The summed E-state index contributed by atoms with van der Waals surface area (Å²) in [5.41, 5.74) is 0.974. The molecule has 2 nitrogen and oxygen atoms in total. The molecule has 0 spiro atoms. The molecule has 0 aromatic heterocycles. The highest BCUT2D eigenvalue weighted by Crippen LogP contribution is 2.23. The van der Waals surface area contributed by atoms with E-state index in [0.29, 0.717) is 5.92 Å². The second-order valence-corrected chi connectivity index (χ2v) is 5.19. The third-order valence-electron chi connectivity index (χ3n) is 2.50. The van der Waals surface area contributed by atoms with Crippen LogP contribution in [0.25, 0.3) is 0 Å². The van der Waals surface area contributed by atoms with Crippen LogP contribution < -0.4 is 0 Å². The molecule has 1 aromatic rings. The SMILES string of the molecule is CC[C@@H](O)c1ccc(SCC(C)CO)cc1. The van der Waals surface area contributed by atoms with Crippen LogP contribution in [0.1, 0.15) is 31.9 Å². The average Bonchev–Trinajstić information content (AvgIpc) is 2.35. The molecule has 0 saturated carbocycles. The lowest BCUT2D eigenvalue weighted by Crippen LogP contribution is -2.03. The summed E-state index contributed by atoms with van der Waals surface area (Å²) in [5, 5.41) is 18.6. The van der Waals surface area contributed by atoms with Gasteiger partial charge in [0.2, 0.25) is 0 Å². The molecule has 1 unspecified atom stereocenters. The fourth-order valence-corrected chi connectivity index (χ4v) is 2.22. The van der Waals surface area contributed by atoms with Gasteiger partial charge >= 0.3 is 0 Å². The Morgan fingerprint density at radius 2 is 1.88 bits per heavy atom. The summed E-state index contributed by atoms with van der Waals surface area (Å²) < 4.78 is 0. The standard InChI is InChI=1S/C13H20O2S/c1-3-13(15)11-4-6-12(7-5-11)16-9-10(2)8-14/h4-7,10,13-15H,3,8-9H2,1-2H3/t10?,13-/m1/s1. The van der Waals surface area contributed by atoms with Gasteiger partial charge in [-0.3, -0.25) is 0 Å². The highest BCUT2D eigenvalue weighted by atomic mass is 32.2. The quantitative estimate of drug-likeness (QED) is 0.751. The van der Waals surface area contributed by atoms with Gasteiger partial charge in [0.05, 0.1) is 6.10 Å². The molecule has 2 atom stereocenters. The third kappa shape index (κ3) is 4.16. The van der Waals surface area contributed by atoms with E-state index in [9.17, 15) is 5.11 Å². The lowest BCUT2D eigenvalue weighted by atomic mass is 10.1. The molecule has 1 aromatic carbocycles. The Kier molecular flexibility index (Phi) is 5.88. The highest BCUT2D eigenvalue weighted by molar-refractivity contribution is 7.99. The first-order valence-electron chi connectivity index (χ1n) is 5.69. The molecule has 0 bridgehead atoms. The first-order chi connectivity index (χ1) is 7.67.